The Morgan fingerprint density at radius 2 is 2.03 bits per heavy atom. The number of nitrogens with one attached hydrogen (secondary N) is 1. The van der Waals surface area contributed by atoms with E-state index in [1.54, 1.807) is 36.1 Å². The molecule has 1 aliphatic heterocycles. The third-order valence-electron chi connectivity index (χ3n) is 5.20. The molecule has 0 spiro atoms. The molecule has 1 atom stereocenters. The van der Waals surface area contributed by atoms with Crippen LogP contribution in [0.3, 0.4) is 0 Å². The molecule has 5 nitrogen and oxygen atoms in total. The fourth-order valence-electron chi connectivity index (χ4n) is 3.82. The Balaban J connectivity index is 1.62. The van der Waals surface area contributed by atoms with Gasteiger partial charge < -0.3 is 14.5 Å². The summed E-state index contributed by atoms with van der Waals surface area (Å²) in [5.74, 6) is -2.02. The molecule has 1 aromatic carbocycles. The molecular formula is C20H17ClF2N4OS. The normalized spacial score (nSPS) is 15.4. The number of hydrogen-bond acceptors (Lipinski definition) is 3. The largest absolute Gasteiger partial charge is 0.326 e. The van der Waals surface area contributed by atoms with E-state index in [0.29, 0.717) is 23.4 Å². The van der Waals surface area contributed by atoms with Crippen molar-refractivity contribution in [1.82, 2.24) is 14.1 Å². The van der Waals surface area contributed by atoms with Crippen molar-refractivity contribution in [2.24, 2.45) is 7.05 Å². The molecule has 29 heavy (non-hydrogen) atoms. The first-order chi connectivity index (χ1) is 13.9. The lowest BCUT2D eigenvalue weighted by Crippen LogP contribution is -2.17. The lowest BCUT2D eigenvalue weighted by atomic mass is 9.95. The van der Waals surface area contributed by atoms with Crippen molar-refractivity contribution in [2.45, 2.75) is 25.3 Å². The van der Waals surface area contributed by atoms with Crippen molar-refractivity contribution in [3.05, 3.63) is 75.0 Å². The number of aromatic nitrogens is 3. The topological polar surface area (TPSA) is 51.9 Å². The van der Waals surface area contributed by atoms with Gasteiger partial charge >= 0.3 is 0 Å². The minimum atomic E-state index is -0.741. The van der Waals surface area contributed by atoms with Crippen LogP contribution in [0.4, 0.5) is 14.5 Å². The van der Waals surface area contributed by atoms with Crippen molar-refractivity contribution in [3.63, 3.8) is 0 Å². The molecule has 0 saturated carbocycles. The van der Waals surface area contributed by atoms with E-state index in [-0.39, 0.29) is 22.9 Å². The summed E-state index contributed by atoms with van der Waals surface area (Å²) in [5.41, 5.74) is 2.14. The summed E-state index contributed by atoms with van der Waals surface area (Å²) in [6.45, 7) is 0.335. The zero-order valence-corrected chi connectivity index (χ0v) is 17.0. The maximum absolute atomic E-state index is 14.5. The summed E-state index contributed by atoms with van der Waals surface area (Å²) in [5, 5.41) is 2.70. The number of halogens is 3. The van der Waals surface area contributed by atoms with Gasteiger partial charge in [0.2, 0.25) is 5.91 Å². The second-order valence-corrected chi connectivity index (χ2v) is 7.74. The first kappa shape index (κ1) is 19.7. The molecule has 3 heterocycles. The van der Waals surface area contributed by atoms with Gasteiger partial charge in [-0.3, -0.25) is 9.78 Å². The van der Waals surface area contributed by atoms with Crippen LogP contribution >= 0.6 is 23.8 Å². The zero-order chi connectivity index (χ0) is 20.7. The molecule has 0 unspecified atom stereocenters. The molecule has 0 fully saturated rings. The fourth-order valence-corrected chi connectivity index (χ4v) is 4.28. The van der Waals surface area contributed by atoms with Crippen LogP contribution in [-0.4, -0.2) is 20.0 Å². The number of carbonyl (C=O) groups excluding carboxylic acids is 1. The van der Waals surface area contributed by atoms with Crippen LogP contribution < -0.4 is 5.32 Å². The highest BCUT2D eigenvalue weighted by atomic mass is 35.5. The van der Waals surface area contributed by atoms with Crippen LogP contribution in [0.2, 0.25) is 5.02 Å². The van der Waals surface area contributed by atoms with Crippen LogP contribution in [0.15, 0.2) is 36.7 Å². The van der Waals surface area contributed by atoms with Gasteiger partial charge in [0.05, 0.1) is 11.4 Å². The molecule has 0 saturated heterocycles. The SMILES string of the molecule is Cn1c(CC(=O)Nc2ccncc2)c2n(c1=S)C[C@H](c1c(F)ccc(Cl)c1F)C2. The Morgan fingerprint density at radius 1 is 1.31 bits per heavy atom. The summed E-state index contributed by atoms with van der Waals surface area (Å²) >= 11 is 11.3. The van der Waals surface area contributed by atoms with Crippen LogP contribution in [-0.2, 0) is 31.2 Å². The zero-order valence-electron chi connectivity index (χ0n) is 15.5. The van der Waals surface area contributed by atoms with Crippen LogP contribution in [0.1, 0.15) is 22.9 Å². The van der Waals surface area contributed by atoms with E-state index < -0.39 is 17.6 Å². The van der Waals surface area contributed by atoms with E-state index in [4.69, 9.17) is 23.8 Å². The predicted octanol–water partition coefficient (Wildman–Crippen LogP) is 4.40. The van der Waals surface area contributed by atoms with E-state index in [1.165, 1.54) is 12.1 Å². The molecule has 1 amide bonds. The maximum Gasteiger partial charge on any atom is 0.230 e. The van der Waals surface area contributed by atoms with Gasteiger partial charge in [0, 0.05) is 54.5 Å². The van der Waals surface area contributed by atoms with Crippen molar-refractivity contribution >= 4 is 35.4 Å². The molecule has 2 aromatic heterocycles. The molecule has 1 N–H and O–H groups in total. The Hall–Kier alpha value is -2.58. The predicted molar refractivity (Wildman–Crippen MR) is 109 cm³/mol. The van der Waals surface area contributed by atoms with E-state index in [9.17, 15) is 13.6 Å². The van der Waals surface area contributed by atoms with Gasteiger partial charge in [-0.1, -0.05) is 11.6 Å². The Kier molecular flexibility index (Phi) is 5.23. The number of nitrogens with zero attached hydrogens (tertiary/aromatic N) is 3. The lowest BCUT2D eigenvalue weighted by molar-refractivity contribution is -0.115. The van der Waals surface area contributed by atoms with Crippen LogP contribution in [0.25, 0.3) is 0 Å². The Bertz CT molecular complexity index is 1160. The van der Waals surface area contributed by atoms with Crippen LogP contribution in [0.5, 0.6) is 0 Å². The van der Waals surface area contributed by atoms with E-state index in [1.807, 2.05) is 4.57 Å². The molecule has 9 heteroatoms. The summed E-state index contributed by atoms with van der Waals surface area (Å²) in [6.07, 6.45) is 3.64. The first-order valence-electron chi connectivity index (χ1n) is 8.97. The number of pyridine rings is 1. The van der Waals surface area contributed by atoms with Gasteiger partial charge in [-0.25, -0.2) is 8.78 Å². The van der Waals surface area contributed by atoms with Gasteiger partial charge in [0.15, 0.2) is 4.77 Å². The number of rotatable bonds is 4. The second kappa shape index (κ2) is 7.68. The number of anilines is 1. The van der Waals surface area contributed by atoms with Crippen LogP contribution in [0, 0.1) is 16.4 Å². The number of hydrogen-bond donors (Lipinski definition) is 1. The molecule has 4 rings (SSSR count). The average Bonchev–Trinajstić information content (AvgIpc) is 3.21. The Morgan fingerprint density at radius 3 is 2.76 bits per heavy atom. The summed E-state index contributed by atoms with van der Waals surface area (Å²) in [4.78, 5) is 16.4. The monoisotopic (exact) mass is 434 g/mol. The van der Waals surface area contributed by atoms with Crippen molar-refractivity contribution < 1.29 is 13.6 Å². The van der Waals surface area contributed by atoms with Gasteiger partial charge in [0.1, 0.15) is 11.6 Å². The number of carbonyl (C=O) groups is 1. The maximum atomic E-state index is 14.5. The highest BCUT2D eigenvalue weighted by Gasteiger charge is 2.32. The first-order valence-corrected chi connectivity index (χ1v) is 9.76. The third-order valence-corrected chi connectivity index (χ3v) is 5.99. The van der Waals surface area contributed by atoms with Crippen molar-refractivity contribution in [3.8, 4) is 0 Å². The molecule has 0 radical (unpaired) electrons. The number of imidazole rings is 1. The fraction of sp³-hybridized carbons (Fsp3) is 0.250. The lowest BCUT2D eigenvalue weighted by Gasteiger charge is -2.14. The molecule has 0 bridgehead atoms. The molecule has 3 aromatic rings. The number of fused-ring (bicyclic) bond motifs is 1. The van der Waals surface area contributed by atoms with E-state index in [2.05, 4.69) is 10.3 Å². The van der Waals surface area contributed by atoms with E-state index >= 15 is 0 Å². The molecule has 150 valence electrons. The van der Waals surface area contributed by atoms with E-state index in [0.717, 1.165) is 11.4 Å². The van der Waals surface area contributed by atoms with Gasteiger partial charge in [-0.05, 0) is 42.9 Å². The smallest absolute Gasteiger partial charge is 0.230 e. The highest BCUT2D eigenvalue weighted by Crippen LogP contribution is 2.37. The molecular weight excluding hydrogens is 418 g/mol. The molecule has 0 aliphatic carbocycles. The minimum absolute atomic E-state index is 0.0366. The minimum Gasteiger partial charge on any atom is -0.326 e. The third kappa shape index (κ3) is 3.58. The van der Waals surface area contributed by atoms with Crippen molar-refractivity contribution in [1.29, 1.82) is 0 Å². The molecule has 1 aliphatic rings. The average molecular weight is 435 g/mol. The van der Waals surface area contributed by atoms with Gasteiger partial charge in [-0.2, -0.15) is 0 Å². The van der Waals surface area contributed by atoms with Crippen molar-refractivity contribution in [2.75, 3.05) is 5.32 Å². The summed E-state index contributed by atoms with van der Waals surface area (Å²) in [7, 11) is 1.79. The quantitative estimate of drug-likeness (QED) is 0.489. The van der Waals surface area contributed by atoms with Gasteiger partial charge in [0.25, 0.3) is 0 Å². The number of benzene rings is 1. The Labute approximate surface area is 176 Å². The second-order valence-electron chi connectivity index (χ2n) is 6.96. The summed E-state index contributed by atoms with van der Waals surface area (Å²) in [6, 6.07) is 5.77. The highest BCUT2D eigenvalue weighted by molar-refractivity contribution is 7.71. The van der Waals surface area contributed by atoms with Gasteiger partial charge in [-0.15, -0.1) is 0 Å². The summed E-state index contributed by atoms with van der Waals surface area (Å²) < 4.78 is 33.0. The number of amides is 1. The standard InChI is InChI=1S/C20H17ClF2N4OS/c1-26-15(9-17(28)25-12-4-6-24-7-5-12)16-8-11(10-27(16)20(26)29)18-14(22)3-2-13(21)19(18)23/h2-7,11H,8-10H2,1H3,(H,24,25,28)/t11-/m1/s1.